The van der Waals surface area contributed by atoms with Crippen molar-refractivity contribution in [2.45, 2.75) is 40.0 Å². The summed E-state index contributed by atoms with van der Waals surface area (Å²) in [6, 6.07) is 6.45. The van der Waals surface area contributed by atoms with E-state index in [1.54, 1.807) is 0 Å². The first-order valence-electron chi connectivity index (χ1n) is 8.44. The third-order valence-electron chi connectivity index (χ3n) is 3.49. The van der Waals surface area contributed by atoms with Crippen molar-refractivity contribution in [3.63, 3.8) is 0 Å². The quantitative estimate of drug-likeness (QED) is 0.589. The lowest BCUT2D eigenvalue weighted by Crippen LogP contribution is -2.47. The third-order valence-corrected chi connectivity index (χ3v) is 7.55. The second-order valence-electron chi connectivity index (χ2n) is 5.23. The highest BCUT2D eigenvalue weighted by atomic mass is 28.4. The summed E-state index contributed by atoms with van der Waals surface area (Å²) in [6.07, 6.45) is 0. The standard InChI is InChI=1S/C16H27O6Si2/c1-5-19-24(20-6-2,21-7-3)11-10-17-15-8-9-16-14(12-15)13-18-23(4)22-16/h8-9,12H,5-7,10-11,13H2,1-4H3. The largest absolute Gasteiger partial charge is 0.519 e. The van der Waals surface area contributed by atoms with Crippen molar-refractivity contribution in [1.29, 1.82) is 0 Å². The fourth-order valence-corrected chi connectivity index (χ4v) is 5.80. The highest BCUT2D eigenvalue weighted by Crippen LogP contribution is 2.29. The Morgan fingerprint density at radius 1 is 1.08 bits per heavy atom. The van der Waals surface area contributed by atoms with Crippen molar-refractivity contribution in [3.8, 4) is 11.5 Å². The van der Waals surface area contributed by atoms with Crippen molar-refractivity contribution in [2.24, 2.45) is 0 Å². The van der Waals surface area contributed by atoms with Crippen LogP contribution in [0.1, 0.15) is 26.3 Å². The Morgan fingerprint density at radius 3 is 2.38 bits per heavy atom. The fraction of sp³-hybridized carbons (Fsp3) is 0.625. The lowest BCUT2D eigenvalue weighted by atomic mass is 10.2. The maximum absolute atomic E-state index is 5.89. The molecule has 0 fully saturated rings. The van der Waals surface area contributed by atoms with E-state index in [9.17, 15) is 0 Å². The molecule has 0 aliphatic carbocycles. The van der Waals surface area contributed by atoms with E-state index in [1.165, 1.54) is 0 Å². The van der Waals surface area contributed by atoms with Crippen LogP contribution in [0.3, 0.4) is 0 Å². The molecule has 0 aromatic heterocycles. The summed E-state index contributed by atoms with van der Waals surface area (Å²) in [5.41, 5.74) is 1.02. The zero-order chi connectivity index (χ0) is 17.4. The number of rotatable bonds is 10. The van der Waals surface area contributed by atoms with Crippen LogP contribution < -0.4 is 9.16 Å². The smallest absolute Gasteiger partial charge is 0.504 e. The van der Waals surface area contributed by atoms with Crippen molar-refractivity contribution in [3.05, 3.63) is 23.8 Å². The molecule has 0 bridgehead atoms. The van der Waals surface area contributed by atoms with E-state index < -0.39 is 18.1 Å². The van der Waals surface area contributed by atoms with E-state index in [0.717, 1.165) is 17.1 Å². The summed E-state index contributed by atoms with van der Waals surface area (Å²) < 4.78 is 34.7. The second-order valence-corrected chi connectivity index (χ2v) is 9.44. The van der Waals surface area contributed by atoms with Gasteiger partial charge in [0, 0.05) is 25.4 Å². The van der Waals surface area contributed by atoms with Gasteiger partial charge in [-0.2, -0.15) is 0 Å². The van der Waals surface area contributed by atoms with Gasteiger partial charge in [0.2, 0.25) is 0 Å². The first kappa shape index (κ1) is 19.4. The van der Waals surface area contributed by atoms with Gasteiger partial charge in [0.25, 0.3) is 0 Å². The number of ether oxygens (including phenoxy) is 1. The summed E-state index contributed by atoms with van der Waals surface area (Å²) in [5.74, 6) is 1.69. The minimum absolute atomic E-state index is 0.482. The van der Waals surface area contributed by atoms with E-state index in [4.69, 9.17) is 26.9 Å². The molecule has 0 amide bonds. The summed E-state index contributed by atoms with van der Waals surface area (Å²) in [4.78, 5) is 0. The molecular formula is C16H27O6Si2. The van der Waals surface area contributed by atoms with Crippen LogP contribution in [-0.2, 0) is 24.3 Å². The maximum Gasteiger partial charge on any atom is 0.504 e. The van der Waals surface area contributed by atoms with Gasteiger partial charge >= 0.3 is 18.1 Å². The van der Waals surface area contributed by atoms with Crippen LogP contribution in [0.4, 0.5) is 0 Å². The van der Waals surface area contributed by atoms with E-state index in [0.29, 0.717) is 39.1 Å². The van der Waals surface area contributed by atoms with Gasteiger partial charge in [-0.15, -0.1) is 0 Å². The molecule has 1 aromatic rings. The molecule has 0 N–H and O–H groups in total. The molecule has 0 saturated heterocycles. The van der Waals surface area contributed by atoms with Crippen molar-refractivity contribution in [2.75, 3.05) is 26.4 Å². The Kier molecular flexibility index (Phi) is 7.72. The van der Waals surface area contributed by atoms with Crippen LogP contribution in [0.2, 0.25) is 12.6 Å². The highest BCUT2D eigenvalue weighted by Gasteiger charge is 2.40. The van der Waals surface area contributed by atoms with Crippen LogP contribution >= 0.6 is 0 Å². The Bertz CT molecular complexity index is 496. The molecular weight excluding hydrogens is 344 g/mol. The first-order valence-corrected chi connectivity index (χ1v) is 12.2. The van der Waals surface area contributed by atoms with Gasteiger partial charge in [-0.25, -0.2) is 0 Å². The van der Waals surface area contributed by atoms with Gasteiger partial charge in [-0.3, -0.25) is 0 Å². The summed E-state index contributed by atoms with van der Waals surface area (Å²) in [5, 5.41) is 0. The molecule has 2 rings (SSSR count). The van der Waals surface area contributed by atoms with Crippen LogP contribution in [0.25, 0.3) is 0 Å². The molecule has 135 valence electrons. The van der Waals surface area contributed by atoms with Crippen molar-refractivity contribution >= 4 is 18.1 Å². The lowest BCUT2D eigenvalue weighted by molar-refractivity contribution is 0.0675. The average molecular weight is 372 g/mol. The predicted molar refractivity (Wildman–Crippen MR) is 94.4 cm³/mol. The zero-order valence-electron chi connectivity index (χ0n) is 14.9. The minimum atomic E-state index is -2.66. The molecule has 24 heavy (non-hydrogen) atoms. The van der Waals surface area contributed by atoms with Gasteiger partial charge in [0.1, 0.15) is 11.5 Å². The predicted octanol–water partition coefficient (Wildman–Crippen LogP) is 3.14. The van der Waals surface area contributed by atoms with E-state index in [-0.39, 0.29) is 0 Å². The zero-order valence-corrected chi connectivity index (χ0v) is 16.9. The van der Waals surface area contributed by atoms with E-state index in [2.05, 4.69) is 0 Å². The number of hydrogen-bond acceptors (Lipinski definition) is 6. The molecule has 1 radical (unpaired) electrons. The summed E-state index contributed by atoms with van der Waals surface area (Å²) in [6.45, 7) is 10.6. The second kappa shape index (κ2) is 9.54. The average Bonchev–Trinajstić information content (AvgIpc) is 2.56. The highest BCUT2D eigenvalue weighted by molar-refractivity contribution is 6.60. The van der Waals surface area contributed by atoms with Crippen LogP contribution in [0.5, 0.6) is 11.5 Å². The van der Waals surface area contributed by atoms with E-state index >= 15 is 0 Å². The molecule has 0 spiro atoms. The van der Waals surface area contributed by atoms with Crippen LogP contribution in [0, 0.1) is 0 Å². The lowest BCUT2D eigenvalue weighted by Gasteiger charge is -2.28. The Balaban J connectivity index is 1.94. The van der Waals surface area contributed by atoms with E-state index in [1.807, 2.05) is 45.5 Å². The normalized spacial score (nSPS) is 15.0. The number of hydrogen-bond donors (Lipinski definition) is 0. The van der Waals surface area contributed by atoms with Crippen LogP contribution in [-0.4, -0.2) is 44.5 Å². The monoisotopic (exact) mass is 371 g/mol. The summed E-state index contributed by atoms with van der Waals surface area (Å²) in [7, 11) is -3.81. The molecule has 6 nitrogen and oxygen atoms in total. The molecule has 0 saturated carbocycles. The Morgan fingerprint density at radius 2 is 1.75 bits per heavy atom. The third kappa shape index (κ3) is 5.30. The molecule has 8 heteroatoms. The summed E-state index contributed by atoms with van der Waals surface area (Å²) >= 11 is 0. The first-order chi connectivity index (χ1) is 11.6. The minimum Gasteiger partial charge on any atom is -0.519 e. The van der Waals surface area contributed by atoms with Gasteiger partial charge < -0.3 is 26.9 Å². The van der Waals surface area contributed by atoms with Gasteiger partial charge in [-0.05, 0) is 45.5 Å². The molecule has 1 aromatic carbocycles. The van der Waals surface area contributed by atoms with Gasteiger partial charge in [0.05, 0.1) is 19.3 Å². The number of benzene rings is 1. The van der Waals surface area contributed by atoms with Crippen molar-refractivity contribution in [1.82, 2.24) is 0 Å². The molecule has 1 heterocycles. The molecule has 1 aliphatic heterocycles. The fourth-order valence-electron chi connectivity index (χ4n) is 2.52. The van der Waals surface area contributed by atoms with Gasteiger partial charge in [-0.1, -0.05) is 0 Å². The maximum atomic E-state index is 5.89. The SMILES string of the molecule is CCO[Si](CCOc1ccc2c(c1)CO[Si](C)O2)(OCC)OCC. The number of fused-ring (bicyclic) bond motifs is 1. The molecule has 1 aliphatic rings. The van der Waals surface area contributed by atoms with Gasteiger partial charge in [0.15, 0.2) is 0 Å². The Labute approximate surface area is 147 Å². The molecule has 0 unspecified atom stereocenters. The Hall–Kier alpha value is -0.906. The van der Waals surface area contributed by atoms with Crippen LogP contribution in [0.15, 0.2) is 18.2 Å². The topological polar surface area (TPSA) is 55.4 Å². The molecule has 0 atom stereocenters. The van der Waals surface area contributed by atoms with Crippen molar-refractivity contribution < 1.29 is 26.9 Å².